The second-order valence-corrected chi connectivity index (χ2v) is 4.49. The van der Waals surface area contributed by atoms with E-state index in [1.165, 1.54) is 0 Å². The molecule has 0 aliphatic carbocycles. The fourth-order valence-electron chi connectivity index (χ4n) is 2.41. The smallest absolute Gasteiger partial charge is 0.340 e. The molecule has 0 bridgehead atoms. The zero-order chi connectivity index (χ0) is 14.1. The van der Waals surface area contributed by atoms with Crippen molar-refractivity contribution < 1.29 is 14.3 Å². The molecule has 0 spiro atoms. The van der Waals surface area contributed by atoms with Gasteiger partial charge in [0.2, 0.25) is 0 Å². The van der Waals surface area contributed by atoms with Crippen molar-refractivity contribution in [3.63, 3.8) is 0 Å². The molecule has 20 heavy (non-hydrogen) atoms. The average Bonchev–Trinajstić information content (AvgIpc) is 2.84. The van der Waals surface area contributed by atoms with Gasteiger partial charge in [0.15, 0.2) is 0 Å². The van der Waals surface area contributed by atoms with E-state index < -0.39 is 0 Å². The minimum absolute atomic E-state index is 0.309. The standard InChI is InChI=1S/C16H15NO3/c1-3-20-16(18)12-6-4-5-11-13-9-10(19-2)7-8-14(13)17-15(11)12/h4-9,17H,3H2,1-2H3. The first-order valence-corrected chi connectivity index (χ1v) is 6.50. The van der Waals surface area contributed by atoms with Crippen molar-refractivity contribution in [1.29, 1.82) is 0 Å². The van der Waals surface area contributed by atoms with E-state index in [1.807, 2.05) is 30.3 Å². The molecule has 4 heteroatoms. The van der Waals surface area contributed by atoms with Crippen LogP contribution in [0.5, 0.6) is 5.75 Å². The van der Waals surface area contributed by atoms with Gasteiger partial charge in [-0.3, -0.25) is 0 Å². The lowest BCUT2D eigenvalue weighted by atomic mass is 10.1. The van der Waals surface area contributed by atoms with Crippen LogP contribution in [0.4, 0.5) is 0 Å². The van der Waals surface area contributed by atoms with Gasteiger partial charge in [0.05, 0.1) is 24.8 Å². The van der Waals surface area contributed by atoms with Gasteiger partial charge < -0.3 is 14.5 Å². The molecule has 102 valence electrons. The number of fused-ring (bicyclic) bond motifs is 3. The van der Waals surface area contributed by atoms with E-state index in [0.717, 1.165) is 27.6 Å². The van der Waals surface area contributed by atoms with Crippen LogP contribution in [0.2, 0.25) is 0 Å². The highest BCUT2D eigenvalue weighted by molar-refractivity contribution is 6.14. The Balaban J connectivity index is 2.27. The Labute approximate surface area is 116 Å². The third kappa shape index (κ3) is 1.90. The zero-order valence-electron chi connectivity index (χ0n) is 11.4. The number of hydrogen-bond acceptors (Lipinski definition) is 3. The summed E-state index contributed by atoms with van der Waals surface area (Å²) in [7, 11) is 1.64. The molecule has 0 amide bonds. The van der Waals surface area contributed by atoms with Crippen LogP contribution in [0.25, 0.3) is 21.8 Å². The van der Waals surface area contributed by atoms with Gasteiger partial charge in [-0.2, -0.15) is 0 Å². The second-order valence-electron chi connectivity index (χ2n) is 4.49. The molecule has 2 aromatic carbocycles. The second kappa shape index (κ2) is 4.89. The Morgan fingerprint density at radius 1 is 1.20 bits per heavy atom. The van der Waals surface area contributed by atoms with Crippen molar-refractivity contribution >= 4 is 27.8 Å². The van der Waals surface area contributed by atoms with Crippen molar-refractivity contribution in [3.05, 3.63) is 42.0 Å². The molecule has 0 aliphatic rings. The van der Waals surface area contributed by atoms with E-state index >= 15 is 0 Å². The van der Waals surface area contributed by atoms with E-state index in [-0.39, 0.29) is 5.97 Å². The summed E-state index contributed by atoms with van der Waals surface area (Å²) in [6.45, 7) is 2.16. The summed E-state index contributed by atoms with van der Waals surface area (Å²) in [6, 6.07) is 11.4. The maximum absolute atomic E-state index is 12.0. The molecular formula is C16H15NO3. The normalized spacial score (nSPS) is 10.9. The molecule has 0 saturated heterocycles. The largest absolute Gasteiger partial charge is 0.497 e. The summed E-state index contributed by atoms with van der Waals surface area (Å²) in [5, 5.41) is 2.02. The Morgan fingerprint density at radius 2 is 2.05 bits per heavy atom. The van der Waals surface area contributed by atoms with Crippen LogP contribution in [-0.2, 0) is 4.74 Å². The van der Waals surface area contributed by atoms with Gasteiger partial charge in [0, 0.05) is 16.3 Å². The summed E-state index contributed by atoms with van der Waals surface area (Å²) >= 11 is 0. The molecule has 3 rings (SSSR count). The first-order valence-electron chi connectivity index (χ1n) is 6.50. The lowest BCUT2D eigenvalue weighted by molar-refractivity contribution is 0.0528. The minimum Gasteiger partial charge on any atom is -0.497 e. The molecule has 1 aromatic heterocycles. The number of ether oxygens (including phenoxy) is 2. The molecule has 1 heterocycles. The third-order valence-electron chi connectivity index (χ3n) is 3.34. The van der Waals surface area contributed by atoms with E-state index in [4.69, 9.17) is 9.47 Å². The van der Waals surface area contributed by atoms with E-state index in [2.05, 4.69) is 4.98 Å². The van der Waals surface area contributed by atoms with Gasteiger partial charge in [0.1, 0.15) is 5.75 Å². The van der Waals surface area contributed by atoms with Crippen molar-refractivity contribution in [2.45, 2.75) is 6.92 Å². The molecule has 0 aliphatic heterocycles. The Morgan fingerprint density at radius 3 is 2.80 bits per heavy atom. The number of carbonyl (C=O) groups excluding carboxylic acids is 1. The molecule has 4 nitrogen and oxygen atoms in total. The molecule has 0 unspecified atom stereocenters. The summed E-state index contributed by atoms with van der Waals surface area (Å²) in [6.07, 6.45) is 0. The van der Waals surface area contributed by atoms with E-state index in [0.29, 0.717) is 12.2 Å². The number of esters is 1. The SMILES string of the molecule is CCOC(=O)c1cccc2c1[nH]c1ccc(OC)cc12. The van der Waals surface area contributed by atoms with Crippen molar-refractivity contribution in [2.24, 2.45) is 0 Å². The predicted molar refractivity (Wildman–Crippen MR) is 78.3 cm³/mol. The Bertz CT molecular complexity index is 789. The highest BCUT2D eigenvalue weighted by atomic mass is 16.5. The van der Waals surface area contributed by atoms with Gasteiger partial charge in [-0.1, -0.05) is 12.1 Å². The molecule has 0 fully saturated rings. The Kier molecular flexibility index (Phi) is 3.06. The van der Waals surface area contributed by atoms with E-state index in [9.17, 15) is 4.79 Å². The minimum atomic E-state index is -0.309. The number of rotatable bonds is 3. The zero-order valence-corrected chi connectivity index (χ0v) is 11.4. The summed E-state index contributed by atoms with van der Waals surface area (Å²) in [5.74, 6) is 0.483. The van der Waals surface area contributed by atoms with Gasteiger partial charge in [0.25, 0.3) is 0 Å². The molecule has 3 aromatic rings. The van der Waals surface area contributed by atoms with Crippen LogP contribution in [0.1, 0.15) is 17.3 Å². The molecule has 0 saturated carbocycles. The molecule has 0 radical (unpaired) electrons. The predicted octanol–water partition coefficient (Wildman–Crippen LogP) is 3.51. The average molecular weight is 269 g/mol. The third-order valence-corrected chi connectivity index (χ3v) is 3.34. The van der Waals surface area contributed by atoms with E-state index in [1.54, 1.807) is 20.1 Å². The highest BCUT2D eigenvalue weighted by Crippen LogP contribution is 2.30. The molecule has 0 atom stereocenters. The fraction of sp³-hybridized carbons (Fsp3) is 0.188. The fourth-order valence-corrected chi connectivity index (χ4v) is 2.41. The lowest BCUT2D eigenvalue weighted by Gasteiger charge is -2.02. The maximum Gasteiger partial charge on any atom is 0.340 e. The first kappa shape index (κ1) is 12.5. The number of benzene rings is 2. The topological polar surface area (TPSA) is 51.3 Å². The van der Waals surface area contributed by atoms with Crippen LogP contribution in [0.3, 0.4) is 0 Å². The van der Waals surface area contributed by atoms with Gasteiger partial charge in [-0.25, -0.2) is 4.79 Å². The number of H-pyrrole nitrogens is 1. The number of methoxy groups -OCH3 is 1. The Hall–Kier alpha value is -2.49. The summed E-state index contributed by atoms with van der Waals surface area (Å²) in [5.41, 5.74) is 2.33. The molecule has 1 N–H and O–H groups in total. The lowest BCUT2D eigenvalue weighted by Crippen LogP contribution is -2.05. The highest BCUT2D eigenvalue weighted by Gasteiger charge is 2.14. The van der Waals surface area contributed by atoms with Crippen LogP contribution in [0.15, 0.2) is 36.4 Å². The number of hydrogen-bond donors (Lipinski definition) is 1. The van der Waals surface area contributed by atoms with Crippen LogP contribution >= 0.6 is 0 Å². The molecular weight excluding hydrogens is 254 g/mol. The van der Waals surface area contributed by atoms with Crippen LogP contribution < -0.4 is 4.74 Å². The number of carbonyl (C=O) groups is 1. The van der Waals surface area contributed by atoms with Gasteiger partial charge in [-0.05, 0) is 31.2 Å². The van der Waals surface area contributed by atoms with Crippen molar-refractivity contribution in [1.82, 2.24) is 4.98 Å². The number of aromatic nitrogens is 1. The van der Waals surface area contributed by atoms with Crippen molar-refractivity contribution in [3.8, 4) is 5.75 Å². The first-order chi connectivity index (χ1) is 9.74. The van der Waals surface area contributed by atoms with Crippen LogP contribution in [-0.4, -0.2) is 24.7 Å². The summed E-state index contributed by atoms with van der Waals surface area (Å²) in [4.78, 5) is 15.3. The maximum atomic E-state index is 12.0. The monoisotopic (exact) mass is 269 g/mol. The van der Waals surface area contributed by atoms with Gasteiger partial charge in [-0.15, -0.1) is 0 Å². The number of aromatic amines is 1. The summed E-state index contributed by atoms with van der Waals surface area (Å²) < 4.78 is 10.3. The number of nitrogens with one attached hydrogen (secondary N) is 1. The van der Waals surface area contributed by atoms with Gasteiger partial charge >= 0.3 is 5.97 Å². The quantitative estimate of drug-likeness (QED) is 0.740. The van der Waals surface area contributed by atoms with Crippen LogP contribution in [0, 0.1) is 0 Å². The number of para-hydroxylation sites is 1. The van der Waals surface area contributed by atoms with Crippen molar-refractivity contribution in [2.75, 3.05) is 13.7 Å².